The second-order valence-corrected chi connectivity index (χ2v) is 11.1. The third-order valence-corrected chi connectivity index (χ3v) is 8.21. The zero-order valence-corrected chi connectivity index (χ0v) is 22.3. The summed E-state index contributed by atoms with van der Waals surface area (Å²) < 4.78 is 29.2. The van der Waals surface area contributed by atoms with E-state index in [1.54, 1.807) is 72.8 Å². The van der Waals surface area contributed by atoms with Crippen LogP contribution in [0.1, 0.15) is 46.4 Å². The molecule has 4 aromatic carbocycles. The molecular formula is C30H29ClN2O3S. The molecule has 0 radical (unpaired) electrons. The maximum atomic E-state index is 14.0. The Morgan fingerprint density at radius 2 is 1.49 bits per heavy atom. The minimum Gasteiger partial charge on any atom is -0.345 e. The highest BCUT2D eigenvalue weighted by Crippen LogP contribution is 2.30. The van der Waals surface area contributed by atoms with Crippen molar-refractivity contribution in [1.29, 1.82) is 0 Å². The first-order valence-corrected chi connectivity index (χ1v) is 13.9. The number of nitrogens with zero attached hydrogens (tertiary/aromatic N) is 1. The van der Waals surface area contributed by atoms with Crippen LogP contribution in [0.15, 0.2) is 108 Å². The number of benzene rings is 4. The Labute approximate surface area is 223 Å². The average molecular weight is 533 g/mol. The molecule has 0 bridgehead atoms. The second kappa shape index (κ2) is 11.6. The fourth-order valence-electron chi connectivity index (χ4n) is 4.12. The molecule has 0 aliphatic heterocycles. The number of carbonyl (C=O) groups excluding carboxylic acids is 1. The van der Waals surface area contributed by atoms with Gasteiger partial charge in [-0.3, -0.25) is 9.10 Å². The predicted molar refractivity (Wildman–Crippen MR) is 149 cm³/mol. The summed E-state index contributed by atoms with van der Waals surface area (Å²) in [6.07, 6.45) is 0.689. The lowest BCUT2D eigenvalue weighted by atomic mass is 10.0. The molecule has 1 N–H and O–H groups in total. The summed E-state index contributed by atoms with van der Waals surface area (Å²) in [7, 11) is -4.00. The Morgan fingerprint density at radius 1 is 0.865 bits per heavy atom. The summed E-state index contributed by atoms with van der Waals surface area (Å²) in [6.45, 7) is 3.94. The first kappa shape index (κ1) is 26.5. The number of rotatable bonds is 9. The highest BCUT2D eigenvalue weighted by Gasteiger charge is 2.29. The van der Waals surface area contributed by atoms with Crippen LogP contribution in [0, 0.1) is 6.92 Å². The van der Waals surface area contributed by atoms with E-state index in [9.17, 15) is 13.2 Å². The largest absolute Gasteiger partial charge is 0.345 e. The van der Waals surface area contributed by atoms with E-state index >= 15 is 0 Å². The normalized spacial score (nSPS) is 12.1. The first-order chi connectivity index (χ1) is 17.8. The lowest BCUT2D eigenvalue weighted by Gasteiger charge is -2.27. The van der Waals surface area contributed by atoms with E-state index in [1.807, 2.05) is 44.2 Å². The molecule has 1 unspecified atom stereocenters. The van der Waals surface area contributed by atoms with E-state index in [2.05, 4.69) is 5.32 Å². The molecule has 37 heavy (non-hydrogen) atoms. The van der Waals surface area contributed by atoms with E-state index in [0.717, 1.165) is 16.7 Å². The van der Waals surface area contributed by atoms with Gasteiger partial charge in [-0.05, 0) is 60.9 Å². The van der Waals surface area contributed by atoms with Crippen LogP contribution in [0.2, 0.25) is 5.02 Å². The maximum Gasteiger partial charge on any atom is 0.264 e. The van der Waals surface area contributed by atoms with Gasteiger partial charge in [0.05, 0.1) is 28.7 Å². The first-order valence-electron chi connectivity index (χ1n) is 12.1. The highest BCUT2D eigenvalue weighted by molar-refractivity contribution is 7.92. The minimum atomic E-state index is -4.00. The number of hydrogen-bond acceptors (Lipinski definition) is 3. The van der Waals surface area contributed by atoms with Crippen molar-refractivity contribution < 1.29 is 13.2 Å². The molecule has 1 atom stereocenters. The minimum absolute atomic E-state index is 0.0353. The molecule has 0 saturated carbocycles. The summed E-state index contributed by atoms with van der Waals surface area (Å²) in [5.74, 6) is -0.341. The molecular weight excluding hydrogens is 504 g/mol. The van der Waals surface area contributed by atoms with Gasteiger partial charge in [0.1, 0.15) is 0 Å². The van der Waals surface area contributed by atoms with Crippen molar-refractivity contribution in [2.24, 2.45) is 0 Å². The van der Waals surface area contributed by atoms with Crippen molar-refractivity contribution in [1.82, 2.24) is 5.32 Å². The molecule has 0 spiro atoms. The van der Waals surface area contributed by atoms with Crippen LogP contribution in [0.5, 0.6) is 0 Å². The number of anilines is 1. The average Bonchev–Trinajstić information content (AvgIpc) is 2.92. The van der Waals surface area contributed by atoms with Crippen LogP contribution in [0.25, 0.3) is 0 Å². The number of amides is 1. The molecule has 1 amide bonds. The van der Waals surface area contributed by atoms with Crippen LogP contribution in [-0.4, -0.2) is 14.3 Å². The van der Waals surface area contributed by atoms with Gasteiger partial charge in [-0.25, -0.2) is 8.42 Å². The summed E-state index contributed by atoms with van der Waals surface area (Å²) in [4.78, 5) is 13.7. The van der Waals surface area contributed by atoms with Gasteiger partial charge in [0.25, 0.3) is 15.9 Å². The zero-order valence-electron chi connectivity index (χ0n) is 20.8. The van der Waals surface area contributed by atoms with Crippen molar-refractivity contribution in [2.45, 2.75) is 37.8 Å². The van der Waals surface area contributed by atoms with Crippen LogP contribution in [0.4, 0.5) is 5.69 Å². The smallest absolute Gasteiger partial charge is 0.264 e. The van der Waals surface area contributed by atoms with E-state index in [4.69, 9.17) is 11.6 Å². The molecule has 4 aromatic rings. The number of aryl methyl sites for hydroxylation is 1. The monoisotopic (exact) mass is 532 g/mol. The third kappa shape index (κ3) is 6.21. The van der Waals surface area contributed by atoms with Crippen LogP contribution >= 0.6 is 11.6 Å². The van der Waals surface area contributed by atoms with E-state index in [1.165, 1.54) is 4.31 Å². The number of para-hydroxylation sites is 1. The van der Waals surface area contributed by atoms with Gasteiger partial charge in [0, 0.05) is 5.02 Å². The van der Waals surface area contributed by atoms with Gasteiger partial charge in [0.2, 0.25) is 0 Å². The van der Waals surface area contributed by atoms with Gasteiger partial charge in [0.15, 0.2) is 0 Å². The zero-order chi connectivity index (χ0) is 26.4. The Hall–Kier alpha value is -3.61. The standard InChI is InChI=1S/C30H29ClN2O3S/c1-3-28(24-9-5-4-6-10-24)32-30(34)27-11-7-8-12-29(27)33(21-23-15-17-25(31)18-16-23)37(35,36)26-19-13-22(2)14-20-26/h4-20,28H,3,21H2,1-2H3,(H,32,34). The molecule has 0 heterocycles. The molecule has 0 aliphatic rings. The van der Waals surface area contributed by atoms with Gasteiger partial charge >= 0.3 is 0 Å². The molecule has 0 saturated heterocycles. The van der Waals surface area contributed by atoms with E-state index in [0.29, 0.717) is 17.1 Å². The summed E-state index contributed by atoms with van der Waals surface area (Å²) in [5.41, 5.74) is 3.27. The Bertz CT molecular complexity index is 1460. The molecule has 0 aromatic heterocycles. The Morgan fingerprint density at radius 3 is 2.14 bits per heavy atom. The fraction of sp³-hybridized carbons (Fsp3) is 0.167. The second-order valence-electron chi connectivity index (χ2n) is 8.81. The van der Waals surface area contributed by atoms with E-state index in [-0.39, 0.29) is 29.0 Å². The summed E-state index contributed by atoms with van der Waals surface area (Å²) in [5, 5.41) is 3.65. The number of hydrogen-bond donors (Lipinski definition) is 1. The SMILES string of the molecule is CCC(NC(=O)c1ccccc1N(Cc1ccc(Cl)cc1)S(=O)(=O)c1ccc(C)cc1)c1ccccc1. The van der Waals surface area contributed by atoms with Gasteiger partial charge in [-0.1, -0.05) is 90.8 Å². The van der Waals surface area contributed by atoms with Gasteiger partial charge < -0.3 is 5.32 Å². The van der Waals surface area contributed by atoms with Crippen LogP contribution < -0.4 is 9.62 Å². The third-order valence-electron chi connectivity index (χ3n) is 6.18. The van der Waals surface area contributed by atoms with Crippen molar-refractivity contribution in [3.63, 3.8) is 0 Å². The Balaban J connectivity index is 1.76. The van der Waals surface area contributed by atoms with Crippen molar-refractivity contribution >= 4 is 33.2 Å². The van der Waals surface area contributed by atoms with Crippen LogP contribution in [0.3, 0.4) is 0 Å². The lowest BCUT2D eigenvalue weighted by molar-refractivity contribution is 0.0936. The number of halogens is 1. The predicted octanol–water partition coefficient (Wildman–Crippen LogP) is 6.93. The summed E-state index contributed by atoms with van der Waals surface area (Å²) in [6, 6.07) is 30.0. The molecule has 5 nitrogen and oxygen atoms in total. The quantitative estimate of drug-likeness (QED) is 0.254. The Kier molecular flexibility index (Phi) is 8.31. The van der Waals surface area contributed by atoms with Crippen molar-refractivity contribution in [3.05, 3.63) is 130 Å². The molecule has 7 heteroatoms. The highest BCUT2D eigenvalue weighted by atomic mass is 35.5. The maximum absolute atomic E-state index is 14.0. The number of sulfonamides is 1. The fourth-order valence-corrected chi connectivity index (χ4v) is 5.72. The summed E-state index contributed by atoms with van der Waals surface area (Å²) >= 11 is 6.06. The number of carbonyl (C=O) groups is 1. The van der Waals surface area contributed by atoms with Crippen molar-refractivity contribution in [2.75, 3.05) is 4.31 Å². The number of nitrogens with one attached hydrogen (secondary N) is 1. The lowest BCUT2D eigenvalue weighted by Crippen LogP contribution is -2.34. The topological polar surface area (TPSA) is 66.5 Å². The van der Waals surface area contributed by atoms with Gasteiger partial charge in [-0.2, -0.15) is 0 Å². The van der Waals surface area contributed by atoms with Crippen molar-refractivity contribution in [3.8, 4) is 0 Å². The molecule has 190 valence electrons. The molecule has 0 aliphatic carbocycles. The molecule has 0 fully saturated rings. The van der Waals surface area contributed by atoms with E-state index < -0.39 is 10.0 Å². The van der Waals surface area contributed by atoms with Gasteiger partial charge in [-0.15, -0.1) is 0 Å². The molecule has 4 rings (SSSR count). The van der Waals surface area contributed by atoms with Crippen LogP contribution in [-0.2, 0) is 16.6 Å².